The molecular formula is C23H29N3O3. The van der Waals surface area contributed by atoms with Gasteiger partial charge in [-0.25, -0.2) is 0 Å². The molecule has 0 aliphatic carbocycles. The Morgan fingerprint density at radius 1 is 0.931 bits per heavy atom. The van der Waals surface area contributed by atoms with Crippen molar-refractivity contribution in [3.05, 3.63) is 59.5 Å². The topological polar surface area (TPSA) is 57.0 Å². The molecule has 4 rings (SSSR count). The van der Waals surface area contributed by atoms with Gasteiger partial charge in [-0.15, -0.1) is 0 Å². The summed E-state index contributed by atoms with van der Waals surface area (Å²) in [6.45, 7) is 7.73. The van der Waals surface area contributed by atoms with E-state index in [0.717, 1.165) is 45.6 Å². The van der Waals surface area contributed by atoms with Crippen molar-refractivity contribution in [1.82, 2.24) is 14.7 Å². The number of furan rings is 1. The average molecular weight is 396 g/mol. The standard InChI is InChI=1S/C23H29N3O3/c1-18-5-2-3-6-20(18)17-24-12-14-26(15-13-24)22(27)19-8-10-25(11-9-19)23(28)21-7-4-16-29-21/h2-7,16,19H,8-15,17H2,1H3. The van der Waals surface area contributed by atoms with Crippen molar-refractivity contribution in [2.75, 3.05) is 39.3 Å². The molecule has 0 radical (unpaired) electrons. The summed E-state index contributed by atoms with van der Waals surface area (Å²) in [7, 11) is 0. The number of rotatable bonds is 4. The SMILES string of the molecule is Cc1ccccc1CN1CCN(C(=O)C2CCN(C(=O)c3ccco3)CC2)CC1. The fourth-order valence-electron chi connectivity index (χ4n) is 4.30. The highest BCUT2D eigenvalue weighted by atomic mass is 16.3. The number of aryl methyl sites for hydroxylation is 1. The van der Waals surface area contributed by atoms with Crippen LogP contribution in [0.5, 0.6) is 0 Å². The Hall–Kier alpha value is -2.60. The van der Waals surface area contributed by atoms with Gasteiger partial charge in [0.05, 0.1) is 6.26 Å². The molecule has 154 valence electrons. The smallest absolute Gasteiger partial charge is 0.289 e. The zero-order valence-corrected chi connectivity index (χ0v) is 17.0. The lowest BCUT2D eigenvalue weighted by atomic mass is 9.94. The van der Waals surface area contributed by atoms with Crippen molar-refractivity contribution in [3.63, 3.8) is 0 Å². The van der Waals surface area contributed by atoms with E-state index in [1.54, 1.807) is 17.0 Å². The fourth-order valence-corrected chi connectivity index (χ4v) is 4.30. The number of benzene rings is 1. The summed E-state index contributed by atoms with van der Waals surface area (Å²) in [5, 5.41) is 0. The highest BCUT2D eigenvalue weighted by Gasteiger charge is 2.32. The number of carbonyl (C=O) groups excluding carboxylic acids is 2. The highest BCUT2D eigenvalue weighted by molar-refractivity contribution is 5.91. The summed E-state index contributed by atoms with van der Waals surface area (Å²) >= 11 is 0. The molecule has 2 aromatic rings. The Bertz CT molecular complexity index is 833. The summed E-state index contributed by atoms with van der Waals surface area (Å²) in [4.78, 5) is 31.6. The monoisotopic (exact) mass is 395 g/mol. The maximum atomic E-state index is 13.0. The van der Waals surface area contributed by atoms with Crippen molar-refractivity contribution in [2.45, 2.75) is 26.3 Å². The van der Waals surface area contributed by atoms with Crippen molar-refractivity contribution in [3.8, 4) is 0 Å². The van der Waals surface area contributed by atoms with Crippen LogP contribution < -0.4 is 0 Å². The molecule has 2 aliphatic heterocycles. The number of piperidine rings is 1. The lowest BCUT2D eigenvalue weighted by Gasteiger charge is -2.38. The molecule has 3 heterocycles. The fraction of sp³-hybridized carbons (Fsp3) is 0.478. The minimum Gasteiger partial charge on any atom is -0.459 e. The van der Waals surface area contributed by atoms with Gasteiger partial charge in [-0.1, -0.05) is 24.3 Å². The Morgan fingerprint density at radius 2 is 1.66 bits per heavy atom. The van der Waals surface area contributed by atoms with Crippen molar-refractivity contribution >= 4 is 11.8 Å². The van der Waals surface area contributed by atoms with Crippen molar-refractivity contribution in [1.29, 1.82) is 0 Å². The summed E-state index contributed by atoms with van der Waals surface area (Å²) in [5.41, 5.74) is 2.68. The molecule has 6 heteroatoms. The van der Waals surface area contributed by atoms with Gasteiger partial charge in [0.2, 0.25) is 5.91 Å². The van der Waals surface area contributed by atoms with Crippen LogP contribution in [0.15, 0.2) is 47.1 Å². The first-order valence-electron chi connectivity index (χ1n) is 10.5. The van der Waals surface area contributed by atoms with E-state index in [9.17, 15) is 9.59 Å². The number of hydrogen-bond acceptors (Lipinski definition) is 4. The van der Waals surface area contributed by atoms with Gasteiger partial charge in [0.15, 0.2) is 5.76 Å². The quantitative estimate of drug-likeness (QED) is 0.799. The lowest BCUT2D eigenvalue weighted by Crippen LogP contribution is -2.51. The molecule has 0 saturated carbocycles. The second-order valence-electron chi connectivity index (χ2n) is 8.07. The van der Waals surface area contributed by atoms with E-state index >= 15 is 0 Å². The van der Waals surface area contributed by atoms with Gasteiger partial charge >= 0.3 is 0 Å². The number of nitrogens with zero attached hydrogens (tertiary/aromatic N) is 3. The van der Waals surface area contributed by atoms with Gasteiger partial charge in [-0.05, 0) is 43.0 Å². The van der Waals surface area contributed by atoms with Gasteiger partial charge in [0, 0.05) is 51.7 Å². The maximum absolute atomic E-state index is 13.0. The average Bonchev–Trinajstić information content (AvgIpc) is 3.30. The molecule has 2 aliphatic rings. The van der Waals surface area contributed by atoms with Crippen LogP contribution in [0, 0.1) is 12.8 Å². The Labute approximate surface area is 172 Å². The van der Waals surface area contributed by atoms with Crippen LogP contribution in [0.3, 0.4) is 0 Å². The molecule has 1 aromatic heterocycles. The van der Waals surface area contributed by atoms with E-state index in [2.05, 4.69) is 36.1 Å². The molecule has 2 fully saturated rings. The normalized spacial score (nSPS) is 18.8. The highest BCUT2D eigenvalue weighted by Crippen LogP contribution is 2.22. The minimum absolute atomic E-state index is 0.0265. The van der Waals surface area contributed by atoms with Gasteiger partial charge in [-0.3, -0.25) is 14.5 Å². The van der Waals surface area contributed by atoms with E-state index in [4.69, 9.17) is 4.42 Å². The first kappa shape index (κ1) is 19.7. The Morgan fingerprint density at radius 3 is 2.31 bits per heavy atom. The third-order valence-corrected chi connectivity index (χ3v) is 6.20. The van der Waals surface area contributed by atoms with E-state index in [0.29, 0.717) is 18.8 Å². The molecule has 2 saturated heterocycles. The number of piperazine rings is 1. The zero-order valence-electron chi connectivity index (χ0n) is 17.0. The molecule has 2 amide bonds. The van der Waals surface area contributed by atoms with Crippen molar-refractivity contribution in [2.24, 2.45) is 5.92 Å². The molecule has 0 atom stereocenters. The van der Waals surface area contributed by atoms with Gasteiger partial charge in [0.1, 0.15) is 0 Å². The van der Waals surface area contributed by atoms with Crippen LogP contribution in [0.4, 0.5) is 0 Å². The number of amides is 2. The molecule has 0 N–H and O–H groups in total. The first-order chi connectivity index (χ1) is 14.1. The molecular weight excluding hydrogens is 366 g/mol. The van der Waals surface area contributed by atoms with Gasteiger partial charge < -0.3 is 14.2 Å². The number of carbonyl (C=O) groups is 2. The molecule has 0 bridgehead atoms. The lowest BCUT2D eigenvalue weighted by molar-refractivity contribution is -0.138. The zero-order chi connectivity index (χ0) is 20.2. The molecule has 6 nitrogen and oxygen atoms in total. The minimum atomic E-state index is -0.0780. The van der Waals surface area contributed by atoms with E-state index in [1.807, 2.05) is 4.90 Å². The predicted molar refractivity (Wildman–Crippen MR) is 110 cm³/mol. The summed E-state index contributed by atoms with van der Waals surface area (Å²) in [6, 6.07) is 11.9. The van der Waals surface area contributed by atoms with Crippen LogP contribution in [-0.4, -0.2) is 65.8 Å². The van der Waals surface area contributed by atoms with Crippen LogP contribution in [-0.2, 0) is 11.3 Å². The van der Waals surface area contributed by atoms with E-state index < -0.39 is 0 Å². The van der Waals surface area contributed by atoms with Crippen LogP contribution in [0.2, 0.25) is 0 Å². The van der Waals surface area contributed by atoms with Gasteiger partial charge in [-0.2, -0.15) is 0 Å². The molecule has 1 aromatic carbocycles. The second-order valence-corrected chi connectivity index (χ2v) is 8.07. The third-order valence-electron chi connectivity index (χ3n) is 6.20. The van der Waals surface area contributed by atoms with Crippen molar-refractivity contribution < 1.29 is 14.0 Å². The summed E-state index contributed by atoms with van der Waals surface area (Å²) in [6.07, 6.45) is 2.98. The van der Waals surface area contributed by atoms with E-state index in [-0.39, 0.29) is 17.7 Å². The largest absolute Gasteiger partial charge is 0.459 e. The van der Waals surface area contributed by atoms with Crippen LogP contribution in [0.25, 0.3) is 0 Å². The van der Waals surface area contributed by atoms with Crippen LogP contribution in [0.1, 0.15) is 34.5 Å². The van der Waals surface area contributed by atoms with Gasteiger partial charge in [0.25, 0.3) is 5.91 Å². The predicted octanol–water partition coefficient (Wildman–Crippen LogP) is 2.78. The number of likely N-dealkylation sites (tertiary alicyclic amines) is 1. The summed E-state index contributed by atoms with van der Waals surface area (Å²) in [5.74, 6) is 0.578. The Kier molecular flexibility index (Phi) is 6.00. The maximum Gasteiger partial charge on any atom is 0.289 e. The second kappa shape index (κ2) is 8.82. The Balaban J connectivity index is 1.24. The molecule has 0 spiro atoms. The molecule has 29 heavy (non-hydrogen) atoms. The first-order valence-corrected chi connectivity index (χ1v) is 10.5. The third kappa shape index (κ3) is 4.53. The molecule has 0 unspecified atom stereocenters. The number of hydrogen-bond donors (Lipinski definition) is 0. The summed E-state index contributed by atoms with van der Waals surface area (Å²) < 4.78 is 5.21. The van der Waals surface area contributed by atoms with Crippen LogP contribution >= 0.6 is 0 Å². The van der Waals surface area contributed by atoms with E-state index in [1.165, 1.54) is 17.4 Å².